The zero-order valence-electron chi connectivity index (χ0n) is 7.80. The molecule has 0 radical (unpaired) electrons. The summed E-state index contributed by atoms with van der Waals surface area (Å²) in [6, 6.07) is 0. The molecule has 12 heavy (non-hydrogen) atoms. The van der Waals surface area contributed by atoms with E-state index < -0.39 is 0 Å². The van der Waals surface area contributed by atoms with Gasteiger partial charge < -0.3 is 4.74 Å². The maximum absolute atomic E-state index is 5.52. The molecule has 1 nitrogen and oxygen atoms in total. The monoisotopic (exact) mass is 188 g/mol. The Labute approximate surface area is 81.3 Å². The highest BCUT2D eigenvalue weighted by molar-refractivity contribution is 7.80. The van der Waals surface area contributed by atoms with Gasteiger partial charge in [0.1, 0.15) is 0 Å². The fourth-order valence-corrected chi connectivity index (χ4v) is 1.43. The molecule has 0 aromatic carbocycles. The van der Waals surface area contributed by atoms with Crippen LogP contribution in [-0.4, -0.2) is 19.0 Å². The molecule has 1 aliphatic rings. The Balaban J connectivity index is 1.65. The van der Waals surface area contributed by atoms with Crippen molar-refractivity contribution in [2.75, 3.05) is 19.0 Å². The largest absolute Gasteiger partial charge is 0.381 e. The van der Waals surface area contributed by atoms with E-state index in [1.807, 2.05) is 0 Å². The zero-order chi connectivity index (χ0) is 8.65. The van der Waals surface area contributed by atoms with Crippen molar-refractivity contribution >= 4 is 12.6 Å². The molecule has 0 spiro atoms. The van der Waals surface area contributed by atoms with Crippen LogP contribution in [-0.2, 0) is 4.74 Å². The molecule has 1 fully saturated rings. The summed E-state index contributed by atoms with van der Waals surface area (Å²) in [6.07, 6.45) is 7.92. The first-order chi connectivity index (χ1) is 5.93. The van der Waals surface area contributed by atoms with Crippen LogP contribution in [0.3, 0.4) is 0 Å². The fraction of sp³-hybridized carbons (Fsp3) is 1.00. The van der Waals surface area contributed by atoms with E-state index in [0.717, 1.165) is 24.9 Å². The number of hydrogen-bond donors (Lipinski definition) is 1. The third-order valence-electron chi connectivity index (χ3n) is 2.25. The lowest BCUT2D eigenvalue weighted by Crippen LogP contribution is -1.98. The lowest BCUT2D eigenvalue weighted by molar-refractivity contribution is 0.120. The van der Waals surface area contributed by atoms with Crippen molar-refractivity contribution in [2.24, 2.45) is 5.92 Å². The van der Waals surface area contributed by atoms with Gasteiger partial charge in [0.2, 0.25) is 0 Å². The van der Waals surface area contributed by atoms with Gasteiger partial charge in [0.05, 0.1) is 0 Å². The third kappa shape index (κ3) is 5.90. The van der Waals surface area contributed by atoms with Gasteiger partial charge in [-0.2, -0.15) is 12.6 Å². The third-order valence-corrected chi connectivity index (χ3v) is 2.56. The van der Waals surface area contributed by atoms with Crippen molar-refractivity contribution < 1.29 is 4.74 Å². The molecule has 1 saturated carbocycles. The molecule has 72 valence electrons. The molecule has 0 aliphatic heterocycles. The summed E-state index contributed by atoms with van der Waals surface area (Å²) in [5.74, 6) is 1.95. The van der Waals surface area contributed by atoms with Crippen LogP contribution in [0.2, 0.25) is 0 Å². The number of ether oxygens (including phenoxy) is 1. The van der Waals surface area contributed by atoms with Gasteiger partial charge >= 0.3 is 0 Å². The minimum atomic E-state index is 0.919. The van der Waals surface area contributed by atoms with Gasteiger partial charge in [0.25, 0.3) is 0 Å². The molecular formula is C10H20OS. The van der Waals surface area contributed by atoms with Crippen LogP contribution in [0.15, 0.2) is 0 Å². The summed E-state index contributed by atoms with van der Waals surface area (Å²) in [6.45, 7) is 2.00. The lowest BCUT2D eigenvalue weighted by Gasteiger charge is -2.01. The topological polar surface area (TPSA) is 9.23 Å². The number of thiol groups is 1. The number of hydrogen-bond acceptors (Lipinski definition) is 2. The summed E-state index contributed by atoms with van der Waals surface area (Å²) in [5.41, 5.74) is 0. The van der Waals surface area contributed by atoms with E-state index in [9.17, 15) is 0 Å². The van der Waals surface area contributed by atoms with E-state index in [1.54, 1.807) is 0 Å². The molecule has 0 saturated heterocycles. The van der Waals surface area contributed by atoms with E-state index in [0.29, 0.717) is 0 Å². The van der Waals surface area contributed by atoms with E-state index in [-0.39, 0.29) is 0 Å². The zero-order valence-corrected chi connectivity index (χ0v) is 8.69. The molecule has 2 heteroatoms. The van der Waals surface area contributed by atoms with Crippen LogP contribution in [0.1, 0.15) is 38.5 Å². The van der Waals surface area contributed by atoms with Crippen LogP contribution in [0.5, 0.6) is 0 Å². The van der Waals surface area contributed by atoms with Gasteiger partial charge in [-0.15, -0.1) is 0 Å². The van der Waals surface area contributed by atoms with Gasteiger partial charge in [0.15, 0.2) is 0 Å². The van der Waals surface area contributed by atoms with Gasteiger partial charge in [-0.25, -0.2) is 0 Å². The standard InChI is InChI=1S/C10H20OS/c12-8-4-2-1-3-7-11-9-10-5-6-10/h10,12H,1-9H2. The van der Waals surface area contributed by atoms with Crippen molar-refractivity contribution in [3.8, 4) is 0 Å². The molecule has 0 atom stereocenters. The van der Waals surface area contributed by atoms with Gasteiger partial charge in [0, 0.05) is 13.2 Å². The summed E-state index contributed by atoms with van der Waals surface area (Å²) in [7, 11) is 0. The van der Waals surface area contributed by atoms with Gasteiger partial charge in [-0.3, -0.25) is 0 Å². The average molecular weight is 188 g/mol. The van der Waals surface area contributed by atoms with Crippen LogP contribution in [0.25, 0.3) is 0 Å². The van der Waals surface area contributed by atoms with Gasteiger partial charge in [-0.1, -0.05) is 12.8 Å². The van der Waals surface area contributed by atoms with E-state index >= 15 is 0 Å². The van der Waals surface area contributed by atoms with E-state index in [1.165, 1.54) is 38.5 Å². The Hall–Kier alpha value is 0.310. The predicted molar refractivity (Wildman–Crippen MR) is 55.9 cm³/mol. The second kappa shape index (κ2) is 6.79. The van der Waals surface area contributed by atoms with E-state index in [2.05, 4.69) is 12.6 Å². The second-order valence-corrected chi connectivity index (χ2v) is 4.10. The Morgan fingerprint density at radius 1 is 1.08 bits per heavy atom. The highest BCUT2D eigenvalue weighted by Crippen LogP contribution is 2.28. The smallest absolute Gasteiger partial charge is 0.0494 e. The highest BCUT2D eigenvalue weighted by atomic mass is 32.1. The quantitative estimate of drug-likeness (QED) is 0.455. The molecule has 0 amide bonds. The number of unbranched alkanes of at least 4 members (excludes halogenated alkanes) is 3. The van der Waals surface area contributed by atoms with Crippen LogP contribution in [0.4, 0.5) is 0 Å². The molecule has 0 unspecified atom stereocenters. The molecule has 0 aromatic heterocycles. The van der Waals surface area contributed by atoms with Crippen molar-refractivity contribution in [2.45, 2.75) is 38.5 Å². The molecule has 1 aliphatic carbocycles. The van der Waals surface area contributed by atoms with Crippen LogP contribution < -0.4 is 0 Å². The van der Waals surface area contributed by atoms with Crippen LogP contribution >= 0.6 is 12.6 Å². The highest BCUT2D eigenvalue weighted by Gasteiger charge is 2.20. The molecule has 1 rings (SSSR count). The van der Waals surface area contributed by atoms with Crippen molar-refractivity contribution in [1.82, 2.24) is 0 Å². The minimum Gasteiger partial charge on any atom is -0.381 e. The fourth-order valence-electron chi connectivity index (χ4n) is 1.20. The minimum absolute atomic E-state index is 0.919. The maximum atomic E-state index is 5.52. The summed E-state index contributed by atoms with van der Waals surface area (Å²) in [5, 5.41) is 0. The van der Waals surface area contributed by atoms with Crippen molar-refractivity contribution in [1.29, 1.82) is 0 Å². The molecule has 0 heterocycles. The molecule has 0 bridgehead atoms. The first kappa shape index (κ1) is 10.4. The van der Waals surface area contributed by atoms with Crippen molar-refractivity contribution in [3.05, 3.63) is 0 Å². The summed E-state index contributed by atoms with van der Waals surface area (Å²) in [4.78, 5) is 0. The Bertz CT molecular complexity index is 102. The van der Waals surface area contributed by atoms with Gasteiger partial charge in [-0.05, 0) is 37.4 Å². The van der Waals surface area contributed by atoms with E-state index in [4.69, 9.17) is 4.74 Å². The SMILES string of the molecule is SCCCCCCOCC1CC1. The predicted octanol–water partition coefficient (Wildman–Crippen LogP) is 2.90. The molecule has 0 N–H and O–H groups in total. The maximum Gasteiger partial charge on any atom is 0.0494 e. The summed E-state index contributed by atoms with van der Waals surface area (Å²) >= 11 is 4.17. The van der Waals surface area contributed by atoms with Crippen molar-refractivity contribution in [3.63, 3.8) is 0 Å². The first-order valence-corrected chi connectivity index (χ1v) is 5.75. The Kier molecular flexibility index (Phi) is 5.88. The number of rotatable bonds is 8. The average Bonchev–Trinajstić information content (AvgIpc) is 2.87. The summed E-state index contributed by atoms with van der Waals surface area (Å²) < 4.78 is 5.52. The Morgan fingerprint density at radius 2 is 1.83 bits per heavy atom. The molecular weight excluding hydrogens is 168 g/mol. The molecule has 0 aromatic rings. The lowest BCUT2D eigenvalue weighted by atomic mass is 10.2. The second-order valence-electron chi connectivity index (χ2n) is 3.66. The Morgan fingerprint density at radius 3 is 2.50 bits per heavy atom. The van der Waals surface area contributed by atoms with Crippen LogP contribution in [0, 0.1) is 5.92 Å². The normalized spacial score (nSPS) is 16.8. The first-order valence-electron chi connectivity index (χ1n) is 5.12.